The number of amides is 1. The Labute approximate surface area is 122 Å². The fraction of sp³-hybridized carbons (Fsp3) is 0.333. The van der Waals surface area contributed by atoms with Gasteiger partial charge in [0.15, 0.2) is 4.87 Å². The van der Waals surface area contributed by atoms with Crippen LogP contribution < -0.4 is 5.32 Å². The molecular formula is C15H14ClN3O. The zero-order valence-electron chi connectivity index (χ0n) is 10.8. The minimum atomic E-state index is -1.09. The van der Waals surface area contributed by atoms with Gasteiger partial charge in [-0.15, -0.1) is 11.6 Å². The van der Waals surface area contributed by atoms with Gasteiger partial charge < -0.3 is 5.32 Å². The Hall–Kier alpha value is -1.83. The number of rotatable bonds is 2. The minimum Gasteiger partial charge on any atom is -0.327 e. The molecule has 1 N–H and O–H groups in total. The molecule has 0 spiro atoms. The highest BCUT2D eigenvalue weighted by molar-refractivity contribution is 6.27. The number of alkyl halides is 1. The molecule has 2 fully saturated rings. The molecule has 0 radical (unpaired) electrons. The van der Waals surface area contributed by atoms with Gasteiger partial charge in [0.2, 0.25) is 5.91 Å². The molecule has 0 aliphatic carbocycles. The van der Waals surface area contributed by atoms with E-state index in [4.69, 9.17) is 11.6 Å². The predicted octanol–water partition coefficient (Wildman–Crippen LogP) is 1.77. The summed E-state index contributed by atoms with van der Waals surface area (Å²) in [6.45, 7) is 4.45. The average Bonchev–Trinajstić information content (AvgIpc) is 2.68. The van der Waals surface area contributed by atoms with Crippen LogP contribution in [0.1, 0.15) is 12.0 Å². The van der Waals surface area contributed by atoms with Gasteiger partial charge in [0.1, 0.15) is 0 Å². The summed E-state index contributed by atoms with van der Waals surface area (Å²) in [5.41, 5.74) is 1.60. The van der Waals surface area contributed by atoms with Crippen LogP contribution in [0, 0.1) is 11.3 Å². The molecule has 5 heteroatoms. The molecule has 2 bridgehead atoms. The first-order valence-electron chi connectivity index (χ1n) is 6.44. The Kier molecular flexibility index (Phi) is 3.04. The molecule has 0 unspecified atom stereocenters. The van der Waals surface area contributed by atoms with Gasteiger partial charge in [-0.05, 0) is 5.56 Å². The molecule has 1 amide bonds. The van der Waals surface area contributed by atoms with E-state index in [2.05, 4.69) is 18.0 Å². The molecule has 1 aromatic rings. The summed E-state index contributed by atoms with van der Waals surface area (Å²) in [6, 6.07) is 11.3. The van der Waals surface area contributed by atoms with Crippen LogP contribution in [0.3, 0.4) is 0 Å². The van der Waals surface area contributed by atoms with E-state index in [1.807, 2.05) is 35.2 Å². The first kappa shape index (κ1) is 13.2. The molecule has 1 aromatic carbocycles. The normalized spacial score (nSPS) is 32.8. The van der Waals surface area contributed by atoms with Gasteiger partial charge in [0.25, 0.3) is 0 Å². The largest absolute Gasteiger partial charge is 0.327 e. The molecule has 2 aliphatic rings. The third kappa shape index (κ3) is 1.91. The number of halogens is 1. The first-order valence-corrected chi connectivity index (χ1v) is 6.82. The van der Waals surface area contributed by atoms with Crippen molar-refractivity contribution in [1.29, 1.82) is 5.26 Å². The maximum Gasteiger partial charge on any atom is 0.241 e. The number of nitrogens with one attached hydrogen (secondary N) is 1. The molecule has 2 heterocycles. The third-order valence-electron chi connectivity index (χ3n) is 3.97. The molecule has 3 rings (SSSR count). The summed E-state index contributed by atoms with van der Waals surface area (Å²) < 4.78 is 0. The number of hydrogen-bond acceptors (Lipinski definition) is 3. The SMILES string of the molecule is C=C1NC(=O)[C@H]2C[C@@](Cl)(C#N)[C@@H]1N2Cc1ccccc1. The van der Waals surface area contributed by atoms with Gasteiger partial charge in [-0.25, -0.2) is 0 Å². The van der Waals surface area contributed by atoms with Crippen LogP contribution in [-0.2, 0) is 11.3 Å². The number of piperazine rings is 1. The summed E-state index contributed by atoms with van der Waals surface area (Å²) in [5.74, 6) is -0.125. The van der Waals surface area contributed by atoms with Crippen molar-refractivity contribution in [2.75, 3.05) is 0 Å². The lowest BCUT2D eigenvalue weighted by atomic mass is 9.99. The van der Waals surface area contributed by atoms with E-state index in [-0.39, 0.29) is 18.0 Å². The van der Waals surface area contributed by atoms with E-state index >= 15 is 0 Å². The zero-order valence-corrected chi connectivity index (χ0v) is 11.6. The van der Waals surface area contributed by atoms with E-state index in [1.165, 1.54) is 0 Å². The van der Waals surface area contributed by atoms with Crippen molar-refractivity contribution in [3.8, 4) is 6.07 Å². The van der Waals surface area contributed by atoms with Crippen LogP contribution in [0.4, 0.5) is 0 Å². The second kappa shape index (κ2) is 4.62. The van der Waals surface area contributed by atoms with Crippen LogP contribution in [0.15, 0.2) is 42.6 Å². The number of nitrogens with zero attached hydrogens (tertiary/aromatic N) is 2. The number of fused-ring (bicyclic) bond motifs is 2. The molecule has 0 saturated carbocycles. The van der Waals surface area contributed by atoms with Crippen molar-refractivity contribution in [1.82, 2.24) is 10.2 Å². The van der Waals surface area contributed by atoms with Gasteiger partial charge in [0.05, 0.1) is 18.2 Å². The molecule has 102 valence electrons. The fourth-order valence-corrected chi connectivity index (χ4v) is 3.49. The standard InChI is InChI=1S/C15H14ClN3O/c1-10-13-15(16,9-17)7-12(14(20)18-10)19(13)8-11-5-3-2-4-6-11/h2-6,12-13H,1,7-8H2,(H,18,20)/t12-,13-,15-/m1/s1. The van der Waals surface area contributed by atoms with E-state index in [0.29, 0.717) is 18.7 Å². The second-order valence-electron chi connectivity index (χ2n) is 5.27. The topological polar surface area (TPSA) is 56.1 Å². The van der Waals surface area contributed by atoms with Gasteiger partial charge in [-0.3, -0.25) is 9.69 Å². The predicted molar refractivity (Wildman–Crippen MR) is 75.7 cm³/mol. The lowest BCUT2D eigenvalue weighted by Gasteiger charge is -2.37. The van der Waals surface area contributed by atoms with Crippen LogP contribution in [0.25, 0.3) is 0 Å². The van der Waals surface area contributed by atoms with Gasteiger partial charge in [0, 0.05) is 18.7 Å². The van der Waals surface area contributed by atoms with Crippen LogP contribution in [0.5, 0.6) is 0 Å². The summed E-state index contributed by atoms with van der Waals surface area (Å²) in [7, 11) is 0. The maximum absolute atomic E-state index is 12.1. The molecule has 0 aromatic heterocycles. The van der Waals surface area contributed by atoms with Crippen LogP contribution in [0.2, 0.25) is 0 Å². The highest BCUT2D eigenvalue weighted by Gasteiger charge is 2.58. The molecule has 3 atom stereocenters. The number of nitriles is 1. The Morgan fingerprint density at radius 3 is 2.85 bits per heavy atom. The van der Waals surface area contributed by atoms with Crippen molar-refractivity contribution in [3.63, 3.8) is 0 Å². The van der Waals surface area contributed by atoms with Crippen molar-refractivity contribution >= 4 is 17.5 Å². The zero-order chi connectivity index (χ0) is 14.3. The Morgan fingerprint density at radius 2 is 2.20 bits per heavy atom. The average molecular weight is 288 g/mol. The summed E-state index contributed by atoms with van der Waals surface area (Å²) in [6.07, 6.45) is 0.327. The highest BCUT2D eigenvalue weighted by Crippen LogP contribution is 2.44. The Morgan fingerprint density at radius 1 is 1.50 bits per heavy atom. The molecule has 4 nitrogen and oxygen atoms in total. The highest BCUT2D eigenvalue weighted by atomic mass is 35.5. The summed E-state index contributed by atoms with van der Waals surface area (Å²) in [5, 5.41) is 12.1. The quantitative estimate of drug-likeness (QED) is 0.844. The van der Waals surface area contributed by atoms with Gasteiger partial charge >= 0.3 is 0 Å². The fourth-order valence-electron chi connectivity index (χ4n) is 3.09. The van der Waals surface area contributed by atoms with E-state index < -0.39 is 4.87 Å². The number of benzene rings is 1. The number of hydrogen-bond donors (Lipinski definition) is 1. The molecule has 20 heavy (non-hydrogen) atoms. The monoisotopic (exact) mass is 287 g/mol. The van der Waals surface area contributed by atoms with E-state index in [1.54, 1.807) is 0 Å². The lowest BCUT2D eigenvalue weighted by Crippen LogP contribution is -2.55. The summed E-state index contributed by atoms with van der Waals surface area (Å²) >= 11 is 6.42. The minimum absolute atomic E-state index is 0.125. The van der Waals surface area contributed by atoms with Crippen molar-refractivity contribution in [2.45, 2.75) is 29.9 Å². The summed E-state index contributed by atoms with van der Waals surface area (Å²) in [4.78, 5) is 13.0. The van der Waals surface area contributed by atoms with E-state index in [0.717, 1.165) is 5.56 Å². The number of carbonyl (C=O) groups excluding carboxylic acids is 1. The maximum atomic E-state index is 12.1. The Bertz CT molecular complexity index is 609. The van der Waals surface area contributed by atoms with Gasteiger partial charge in [-0.1, -0.05) is 36.9 Å². The van der Waals surface area contributed by atoms with Crippen LogP contribution >= 0.6 is 11.6 Å². The van der Waals surface area contributed by atoms with Crippen molar-refractivity contribution in [3.05, 3.63) is 48.2 Å². The van der Waals surface area contributed by atoms with Gasteiger partial charge in [-0.2, -0.15) is 5.26 Å². The Balaban J connectivity index is 1.96. The molecular weight excluding hydrogens is 274 g/mol. The van der Waals surface area contributed by atoms with Crippen molar-refractivity contribution < 1.29 is 4.79 Å². The van der Waals surface area contributed by atoms with Crippen molar-refractivity contribution in [2.24, 2.45) is 0 Å². The number of carbonyl (C=O) groups is 1. The second-order valence-corrected chi connectivity index (χ2v) is 5.94. The lowest BCUT2D eigenvalue weighted by molar-refractivity contribution is -0.127. The van der Waals surface area contributed by atoms with E-state index in [9.17, 15) is 10.1 Å². The smallest absolute Gasteiger partial charge is 0.241 e. The first-order chi connectivity index (χ1) is 9.55. The third-order valence-corrected chi connectivity index (χ3v) is 4.41. The molecule has 2 aliphatic heterocycles. The molecule has 2 saturated heterocycles. The van der Waals surface area contributed by atoms with Crippen LogP contribution in [-0.4, -0.2) is 27.8 Å².